The van der Waals surface area contributed by atoms with Crippen LogP contribution in [-0.4, -0.2) is 18.0 Å². The molecule has 52 heavy (non-hydrogen) atoms. The van der Waals surface area contributed by atoms with Crippen LogP contribution in [0.4, 0.5) is 0 Å². The molecule has 0 saturated carbocycles. The van der Waals surface area contributed by atoms with E-state index in [-0.39, 0.29) is 25.5 Å². The molecule has 7 rings (SSSR count). The van der Waals surface area contributed by atoms with Gasteiger partial charge in [-0.15, -0.1) is 59.7 Å². The van der Waals surface area contributed by atoms with Crippen molar-refractivity contribution < 1.29 is 20.1 Å². The summed E-state index contributed by atoms with van der Waals surface area (Å²) in [5, 5.41) is 4.10. The first-order valence-electron chi connectivity index (χ1n) is 18.3. The molecule has 5 heteroatoms. The second-order valence-electron chi connectivity index (χ2n) is 15.7. The Bertz CT molecular complexity index is 2230. The van der Waals surface area contributed by atoms with E-state index in [4.69, 9.17) is 9.97 Å². The summed E-state index contributed by atoms with van der Waals surface area (Å²) in [5.41, 5.74) is 9.92. The topological polar surface area (TPSA) is 25.8 Å². The van der Waals surface area contributed by atoms with Crippen LogP contribution in [0.15, 0.2) is 116 Å². The second-order valence-corrected chi connectivity index (χ2v) is 21.8. The van der Waals surface area contributed by atoms with Crippen molar-refractivity contribution in [1.29, 1.82) is 0 Å². The third kappa shape index (κ3) is 9.06. The molecule has 0 amide bonds. The van der Waals surface area contributed by atoms with Gasteiger partial charge in [0, 0.05) is 37.2 Å². The fourth-order valence-electron chi connectivity index (χ4n) is 7.03. The number of fused-ring (bicyclic) bond motifs is 3. The van der Waals surface area contributed by atoms with Crippen molar-refractivity contribution in [3.05, 3.63) is 139 Å². The molecule has 3 aromatic heterocycles. The van der Waals surface area contributed by atoms with Gasteiger partial charge in [0.1, 0.15) is 0 Å². The maximum Gasteiger partial charge on any atom is 0.0798 e. The van der Waals surface area contributed by atoms with Crippen molar-refractivity contribution in [3.8, 4) is 33.6 Å². The van der Waals surface area contributed by atoms with Crippen LogP contribution in [0.3, 0.4) is 0 Å². The van der Waals surface area contributed by atoms with E-state index in [0.717, 1.165) is 41.8 Å². The third-order valence-electron chi connectivity index (χ3n) is 9.54. The Morgan fingerprint density at radius 1 is 0.769 bits per heavy atom. The second kappa shape index (κ2) is 16.9. The fraction of sp³-hybridized carbons (Fsp3) is 0.277. The average Bonchev–Trinajstić information content (AvgIpc) is 3.51. The molecule has 0 atom stereocenters. The molecule has 269 valence electrons. The largest absolute Gasteiger partial charge is 0.305 e. The van der Waals surface area contributed by atoms with Crippen LogP contribution in [0.5, 0.6) is 0 Å². The summed E-state index contributed by atoms with van der Waals surface area (Å²) in [4.78, 5) is 9.45. The molecule has 1 radical (unpaired) electrons. The summed E-state index contributed by atoms with van der Waals surface area (Å²) in [6.45, 7) is 18.6. The molecule has 3 heterocycles. The van der Waals surface area contributed by atoms with Crippen molar-refractivity contribution in [3.63, 3.8) is 0 Å². The Hall–Kier alpha value is -3.73. The van der Waals surface area contributed by atoms with Crippen LogP contribution in [0, 0.1) is 17.5 Å². The number of hydrogen-bond donors (Lipinski definition) is 0. The van der Waals surface area contributed by atoms with E-state index in [1.807, 2.05) is 35.7 Å². The van der Waals surface area contributed by atoms with Gasteiger partial charge in [-0.25, -0.2) is 0 Å². The number of thiophene rings is 1. The van der Waals surface area contributed by atoms with Gasteiger partial charge in [-0.2, -0.15) is 11.3 Å². The standard InChI is InChI=1S/C28H24NS.C19H26NSi.Ir/c1-3-19(4-2)21-16-17-29-25(18-21)23-13-8-14-24-27-22(20-10-6-5-7-11-20)12-9-15-26(27)30-28(23)24;1-19(2,3)13-16-12-17(15-10-8-7-9-11-15)20-14-18(16)21(4,5)6;/h5-12,14-19H,3-4H2,1-2H3;7-10,12,14H,13H2,1-6H3;/q2*-1;. The molecule has 2 nitrogen and oxygen atoms in total. The van der Waals surface area contributed by atoms with Gasteiger partial charge in [-0.3, -0.25) is 0 Å². The normalized spacial score (nSPS) is 11.7. The van der Waals surface area contributed by atoms with Gasteiger partial charge in [-0.1, -0.05) is 125 Å². The molecule has 0 unspecified atom stereocenters. The summed E-state index contributed by atoms with van der Waals surface area (Å²) in [6.07, 6.45) is 7.46. The van der Waals surface area contributed by atoms with Gasteiger partial charge in [0.15, 0.2) is 0 Å². The van der Waals surface area contributed by atoms with Crippen molar-refractivity contribution in [2.24, 2.45) is 5.41 Å². The third-order valence-corrected chi connectivity index (χ3v) is 12.8. The van der Waals surface area contributed by atoms with Crippen molar-refractivity contribution in [1.82, 2.24) is 9.97 Å². The first kappa shape index (κ1) is 39.5. The maximum absolute atomic E-state index is 4.74. The number of pyridine rings is 2. The molecule has 0 N–H and O–H groups in total. The van der Waals surface area contributed by atoms with E-state index in [9.17, 15) is 0 Å². The van der Waals surface area contributed by atoms with Gasteiger partial charge in [-0.05, 0) is 80.5 Å². The molecule has 0 saturated heterocycles. The van der Waals surface area contributed by atoms with Crippen LogP contribution in [0.2, 0.25) is 19.6 Å². The van der Waals surface area contributed by atoms with E-state index >= 15 is 0 Å². The van der Waals surface area contributed by atoms with Crippen molar-refractivity contribution in [2.75, 3.05) is 0 Å². The minimum absolute atomic E-state index is 0. The van der Waals surface area contributed by atoms with Crippen molar-refractivity contribution in [2.45, 2.75) is 79.4 Å². The fourth-order valence-corrected chi connectivity index (χ4v) is 9.84. The Balaban J connectivity index is 0.000000210. The van der Waals surface area contributed by atoms with Crippen LogP contribution in [0.25, 0.3) is 53.8 Å². The number of benzene rings is 4. The SMILES string of the molecule is CC(C)(C)Cc1cc(-c2[c-]cccc2)ncc1[Si](C)(C)C.CCC(CC)c1ccnc(-c2[c-]ccc3c2sc2cccc(-c4ccccc4)c23)c1.[Ir]. The summed E-state index contributed by atoms with van der Waals surface area (Å²) >= 11 is 1.85. The summed E-state index contributed by atoms with van der Waals surface area (Å²) < 4.78 is 2.58. The maximum atomic E-state index is 4.74. The zero-order valence-corrected chi connectivity index (χ0v) is 36.0. The van der Waals surface area contributed by atoms with Crippen molar-refractivity contribution >= 4 is 44.8 Å². The van der Waals surface area contributed by atoms with Gasteiger partial charge in [0.25, 0.3) is 0 Å². The molecule has 7 aromatic rings. The minimum atomic E-state index is -1.37. The Morgan fingerprint density at radius 2 is 1.52 bits per heavy atom. The summed E-state index contributed by atoms with van der Waals surface area (Å²) in [7, 11) is -1.37. The first-order valence-corrected chi connectivity index (χ1v) is 22.6. The Kier molecular flexibility index (Phi) is 12.9. The van der Waals surface area contributed by atoms with E-state index < -0.39 is 8.07 Å². The zero-order chi connectivity index (χ0) is 36.2. The van der Waals surface area contributed by atoms with Crippen LogP contribution < -0.4 is 5.19 Å². The number of nitrogens with zero attached hydrogens (tertiary/aromatic N) is 2. The van der Waals surface area contributed by atoms with Gasteiger partial charge in [0.05, 0.1) is 8.07 Å². The molecular formula is C47H50IrN2SSi-2. The van der Waals surface area contributed by atoms with Gasteiger partial charge in [0.2, 0.25) is 0 Å². The predicted molar refractivity (Wildman–Crippen MR) is 225 cm³/mol. The monoisotopic (exact) mass is 895 g/mol. The quantitative estimate of drug-likeness (QED) is 0.112. The summed E-state index contributed by atoms with van der Waals surface area (Å²) in [5.74, 6) is 0.582. The smallest absolute Gasteiger partial charge is 0.0798 e. The van der Waals surface area contributed by atoms with E-state index in [1.165, 1.54) is 47.6 Å². The predicted octanol–water partition coefficient (Wildman–Crippen LogP) is 13.2. The zero-order valence-electron chi connectivity index (χ0n) is 31.8. The molecule has 0 spiro atoms. The molecule has 0 aliphatic carbocycles. The number of hydrogen-bond acceptors (Lipinski definition) is 3. The Labute approximate surface area is 330 Å². The molecule has 0 aliphatic heterocycles. The molecule has 4 aromatic carbocycles. The van der Waals surface area contributed by atoms with Crippen LogP contribution >= 0.6 is 11.3 Å². The van der Waals surface area contributed by atoms with E-state index in [2.05, 4.69) is 158 Å². The minimum Gasteiger partial charge on any atom is -0.305 e. The molecule has 0 bridgehead atoms. The molecule has 0 aliphatic rings. The summed E-state index contributed by atoms with van der Waals surface area (Å²) in [6, 6.07) is 43.1. The van der Waals surface area contributed by atoms with E-state index in [0.29, 0.717) is 5.92 Å². The Morgan fingerprint density at radius 3 is 2.19 bits per heavy atom. The number of rotatable bonds is 8. The van der Waals surface area contributed by atoms with Crippen LogP contribution in [-0.2, 0) is 26.5 Å². The number of aromatic nitrogens is 2. The van der Waals surface area contributed by atoms with Gasteiger partial charge < -0.3 is 9.97 Å². The molecular weight excluding hydrogens is 845 g/mol. The molecule has 0 fully saturated rings. The first-order chi connectivity index (χ1) is 24.5. The van der Waals surface area contributed by atoms with E-state index in [1.54, 1.807) is 0 Å². The average molecular weight is 895 g/mol. The van der Waals surface area contributed by atoms with Crippen LogP contribution in [0.1, 0.15) is 64.5 Å². The van der Waals surface area contributed by atoms with Gasteiger partial charge >= 0.3 is 0 Å².